The molecule has 0 N–H and O–H groups in total. The molecule has 4 nitrogen and oxygen atoms in total. The second-order valence-corrected chi connectivity index (χ2v) is 10.8. The third-order valence-corrected chi connectivity index (χ3v) is 8.56. The van der Waals surface area contributed by atoms with E-state index in [4.69, 9.17) is 4.74 Å². The van der Waals surface area contributed by atoms with Gasteiger partial charge in [0.25, 0.3) is 0 Å². The Bertz CT molecular complexity index is 932. The molecule has 1 amide bonds. The Morgan fingerprint density at radius 1 is 0.912 bits per heavy atom. The van der Waals surface area contributed by atoms with Crippen LogP contribution in [0.2, 0.25) is 0 Å². The summed E-state index contributed by atoms with van der Waals surface area (Å²) in [5.41, 5.74) is 2.74. The minimum Gasteiger partial charge on any atom is -0.496 e. The maximum absolute atomic E-state index is 13.3. The quantitative estimate of drug-likeness (QED) is 0.556. The number of likely N-dealkylation sites (tertiary alicyclic amines) is 2. The third kappa shape index (κ3) is 5.33. The summed E-state index contributed by atoms with van der Waals surface area (Å²) in [6, 6.07) is 19.4. The Labute approximate surface area is 205 Å². The molecule has 182 valence electrons. The minimum atomic E-state index is 0.255. The average Bonchev–Trinajstić information content (AvgIpc) is 3.56. The molecule has 3 fully saturated rings. The van der Waals surface area contributed by atoms with Gasteiger partial charge in [0.2, 0.25) is 5.91 Å². The molecule has 0 bridgehead atoms. The molecule has 3 aliphatic rings. The molecule has 1 saturated carbocycles. The van der Waals surface area contributed by atoms with Gasteiger partial charge in [-0.1, -0.05) is 61.4 Å². The standard InChI is InChI=1S/C30H40N2O2/c1-34-29-14-8-7-13-27(29)28-22-32(30(33)25-11-5-6-12-25)21-26(28)20-31-17-15-24(16-18-31)19-23-9-3-2-4-10-23/h2-4,7-10,13-14,24-26,28H,5-6,11-12,15-22H2,1H3/t26-,28-/m1/s1. The molecule has 2 saturated heterocycles. The Hall–Kier alpha value is -2.33. The molecule has 0 spiro atoms. The van der Waals surface area contributed by atoms with Crippen LogP contribution in [0, 0.1) is 17.8 Å². The zero-order chi connectivity index (χ0) is 23.3. The fraction of sp³-hybridized carbons (Fsp3) is 0.567. The number of carbonyl (C=O) groups is 1. The number of piperidine rings is 1. The van der Waals surface area contributed by atoms with Crippen molar-refractivity contribution in [1.29, 1.82) is 0 Å². The van der Waals surface area contributed by atoms with Crippen molar-refractivity contribution >= 4 is 5.91 Å². The molecular weight excluding hydrogens is 420 g/mol. The summed E-state index contributed by atoms with van der Waals surface area (Å²) >= 11 is 0. The predicted molar refractivity (Wildman–Crippen MR) is 137 cm³/mol. The van der Waals surface area contributed by atoms with Gasteiger partial charge in [-0.25, -0.2) is 0 Å². The van der Waals surface area contributed by atoms with Crippen LogP contribution in [0.15, 0.2) is 54.6 Å². The van der Waals surface area contributed by atoms with E-state index in [1.165, 1.54) is 56.3 Å². The van der Waals surface area contributed by atoms with Crippen molar-refractivity contribution in [3.63, 3.8) is 0 Å². The van der Waals surface area contributed by atoms with Gasteiger partial charge in [-0.3, -0.25) is 4.79 Å². The summed E-state index contributed by atoms with van der Waals surface area (Å²) in [6.45, 7) is 5.15. The highest BCUT2D eigenvalue weighted by atomic mass is 16.5. The third-order valence-electron chi connectivity index (χ3n) is 8.56. The molecule has 2 aromatic carbocycles. The number of ether oxygens (including phenoxy) is 1. The van der Waals surface area contributed by atoms with E-state index in [2.05, 4.69) is 58.3 Å². The molecule has 1 aliphatic carbocycles. The first kappa shape index (κ1) is 23.4. The summed E-state index contributed by atoms with van der Waals surface area (Å²) in [7, 11) is 1.77. The molecule has 0 aromatic heterocycles. The van der Waals surface area contributed by atoms with Gasteiger partial charge in [-0.15, -0.1) is 0 Å². The van der Waals surface area contributed by atoms with Crippen LogP contribution < -0.4 is 4.74 Å². The van der Waals surface area contributed by atoms with Crippen molar-refractivity contribution in [1.82, 2.24) is 9.80 Å². The van der Waals surface area contributed by atoms with Gasteiger partial charge in [0.1, 0.15) is 5.75 Å². The zero-order valence-corrected chi connectivity index (χ0v) is 20.7. The first-order valence-electron chi connectivity index (χ1n) is 13.4. The van der Waals surface area contributed by atoms with Crippen LogP contribution in [0.3, 0.4) is 0 Å². The van der Waals surface area contributed by atoms with E-state index in [1.54, 1.807) is 7.11 Å². The van der Waals surface area contributed by atoms with Crippen LogP contribution in [0.4, 0.5) is 0 Å². The highest BCUT2D eigenvalue weighted by Gasteiger charge is 2.40. The lowest BCUT2D eigenvalue weighted by molar-refractivity contribution is -0.134. The Morgan fingerprint density at radius 2 is 1.62 bits per heavy atom. The normalized spacial score (nSPS) is 24.6. The van der Waals surface area contributed by atoms with Crippen molar-refractivity contribution < 1.29 is 9.53 Å². The van der Waals surface area contributed by atoms with Crippen molar-refractivity contribution in [2.75, 3.05) is 39.8 Å². The lowest BCUT2D eigenvalue weighted by Gasteiger charge is -2.35. The summed E-state index contributed by atoms with van der Waals surface area (Å²) in [6.07, 6.45) is 8.31. The van der Waals surface area contributed by atoms with Crippen molar-refractivity contribution in [3.05, 3.63) is 65.7 Å². The van der Waals surface area contributed by atoms with Crippen LogP contribution in [0.1, 0.15) is 55.6 Å². The Kier molecular flexibility index (Phi) is 7.54. The molecule has 2 aromatic rings. The van der Waals surface area contributed by atoms with E-state index < -0.39 is 0 Å². The molecule has 2 atom stereocenters. The van der Waals surface area contributed by atoms with Gasteiger partial charge in [0.15, 0.2) is 0 Å². The molecule has 0 radical (unpaired) electrons. The van der Waals surface area contributed by atoms with Gasteiger partial charge in [0, 0.05) is 31.5 Å². The number of benzene rings is 2. The second kappa shape index (κ2) is 10.9. The Balaban J connectivity index is 1.25. The molecule has 0 unspecified atom stereocenters. The van der Waals surface area contributed by atoms with E-state index in [0.29, 0.717) is 17.7 Å². The first-order valence-corrected chi connectivity index (χ1v) is 13.4. The maximum atomic E-state index is 13.3. The SMILES string of the molecule is COc1ccccc1[C@@H]1CN(C(=O)C2CCCC2)C[C@H]1CN1CCC(Cc2ccccc2)CC1. The van der Waals surface area contributed by atoms with Crippen molar-refractivity contribution in [2.45, 2.75) is 50.9 Å². The lowest BCUT2D eigenvalue weighted by Crippen LogP contribution is -2.39. The second-order valence-electron chi connectivity index (χ2n) is 10.8. The van der Waals surface area contributed by atoms with Crippen LogP contribution >= 0.6 is 0 Å². The van der Waals surface area contributed by atoms with Gasteiger partial charge in [-0.05, 0) is 74.2 Å². The molecule has 4 heteroatoms. The zero-order valence-electron chi connectivity index (χ0n) is 20.7. The van der Waals surface area contributed by atoms with Crippen LogP contribution in [0.5, 0.6) is 5.75 Å². The highest BCUT2D eigenvalue weighted by molar-refractivity contribution is 5.79. The summed E-state index contributed by atoms with van der Waals surface area (Å²) in [4.78, 5) is 18.2. The first-order chi connectivity index (χ1) is 16.7. The molecular formula is C30H40N2O2. The number of rotatable bonds is 7. The predicted octanol–water partition coefficient (Wildman–Crippen LogP) is 5.38. The molecule has 2 aliphatic heterocycles. The number of nitrogens with zero attached hydrogens (tertiary/aromatic N) is 2. The van der Waals surface area contributed by atoms with E-state index in [9.17, 15) is 4.79 Å². The largest absolute Gasteiger partial charge is 0.496 e. The summed E-state index contributed by atoms with van der Waals surface area (Å²) < 4.78 is 5.75. The van der Waals surface area contributed by atoms with Gasteiger partial charge >= 0.3 is 0 Å². The van der Waals surface area contributed by atoms with E-state index in [0.717, 1.165) is 44.1 Å². The number of carbonyl (C=O) groups excluding carboxylic acids is 1. The van der Waals surface area contributed by atoms with E-state index >= 15 is 0 Å². The summed E-state index contributed by atoms with van der Waals surface area (Å²) in [5.74, 6) is 3.23. The average molecular weight is 461 g/mol. The Morgan fingerprint density at radius 3 is 2.35 bits per heavy atom. The number of methoxy groups -OCH3 is 1. The molecule has 5 rings (SSSR count). The lowest BCUT2D eigenvalue weighted by atomic mass is 9.86. The van der Waals surface area contributed by atoms with E-state index in [1.807, 2.05) is 6.07 Å². The fourth-order valence-electron chi connectivity index (χ4n) is 6.64. The van der Waals surface area contributed by atoms with E-state index in [-0.39, 0.29) is 5.92 Å². The highest BCUT2D eigenvalue weighted by Crippen LogP contribution is 2.40. The van der Waals surface area contributed by atoms with Crippen molar-refractivity contribution in [3.8, 4) is 5.75 Å². The van der Waals surface area contributed by atoms with Crippen LogP contribution in [-0.4, -0.2) is 55.5 Å². The maximum Gasteiger partial charge on any atom is 0.225 e. The molecule has 34 heavy (non-hydrogen) atoms. The van der Waals surface area contributed by atoms with Gasteiger partial charge in [-0.2, -0.15) is 0 Å². The minimum absolute atomic E-state index is 0.255. The molecule has 2 heterocycles. The number of hydrogen-bond donors (Lipinski definition) is 0. The summed E-state index contributed by atoms with van der Waals surface area (Å²) in [5, 5.41) is 0. The topological polar surface area (TPSA) is 32.8 Å². The van der Waals surface area contributed by atoms with Crippen molar-refractivity contribution in [2.24, 2.45) is 17.8 Å². The monoisotopic (exact) mass is 460 g/mol. The number of hydrogen-bond acceptors (Lipinski definition) is 3. The van der Waals surface area contributed by atoms with Gasteiger partial charge < -0.3 is 14.5 Å². The smallest absolute Gasteiger partial charge is 0.225 e. The fourth-order valence-corrected chi connectivity index (χ4v) is 6.64. The van der Waals surface area contributed by atoms with Crippen LogP contribution in [-0.2, 0) is 11.2 Å². The van der Waals surface area contributed by atoms with Gasteiger partial charge in [0.05, 0.1) is 7.11 Å². The number of para-hydroxylation sites is 1. The number of amides is 1. The van der Waals surface area contributed by atoms with Crippen LogP contribution in [0.25, 0.3) is 0 Å².